The average Bonchev–Trinajstić information content (AvgIpc) is 2.55. The SMILES string of the molecule is CN(Cc1ccc(F)cc1F)C(=O)NNC(=O)c1ccccc1. The molecule has 0 aliphatic heterocycles. The van der Waals surface area contributed by atoms with Gasteiger partial charge in [0.1, 0.15) is 11.6 Å². The van der Waals surface area contributed by atoms with E-state index in [1.165, 1.54) is 13.1 Å². The van der Waals surface area contributed by atoms with Crippen LogP contribution in [0.25, 0.3) is 0 Å². The summed E-state index contributed by atoms with van der Waals surface area (Å²) in [6.45, 7) is -0.0703. The van der Waals surface area contributed by atoms with Crippen molar-refractivity contribution < 1.29 is 18.4 Å². The Morgan fingerprint density at radius 2 is 1.74 bits per heavy atom. The summed E-state index contributed by atoms with van der Waals surface area (Å²) in [7, 11) is 1.42. The van der Waals surface area contributed by atoms with Crippen LogP contribution in [-0.2, 0) is 6.54 Å². The number of nitrogens with one attached hydrogen (secondary N) is 2. The summed E-state index contributed by atoms with van der Waals surface area (Å²) >= 11 is 0. The second kappa shape index (κ2) is 7.35. The summed E-state index contributed by atoms with van der Waals surface area (Å²) in [5.41, 5.74) is 5.03. The first kappa shape index (κ1) is 16.4. The van der Waals surface area contributed by atoms with E-state index in [0.717, 1.165) is 17.0 Å². The topological polar surface area (TPSA) is 61.4 Å². The molecule has 0 atom stereocenters. The van der Waals surface area contributed by atoms with Gasteiger partial charge in [-0.05, 0) is 18.2 Å². The molecule has 0 bridgehead atoms. The van der Waals surface area contributed by atoms with Gasteiger partial charge in [-0.25, -0.2) is 19.0 Å². The standard InChI is InChI=1S/C16H15F2N3O2/c1-21(10-12-7-8-13(17)9-14(12)18)16(23)20-19-15(22)11-5-3-2-4-6-11/h2-9H,10H2,1H3,(H,19,22)(H,20,23). The van der Waals surface area contributed by atoms with E-state index in [-0.39, 0.29) is 12.1 Å². The van der Waals surface area contributed by atoms with Crippen LogP contribution in [-0.4, -0.2) is 23.9 Å². The minimum absolute atomic E-state index is 0.0703. The van der Waals surface area contributed by atoms with Gasteiger partial charge >= 0.3 is 6.03 Å². The lowest BCUT2D eigenvalue weighted by Crippen LogP contribution is -2.47. The predicted octanol–water partition coefficient (Wildman–Crippen LogP) is 2.45. The molecule has 7 heteroatoms. The Morgan fingerprint density at radius 1 is 1.04 bits per heavy atom. The third-order valence-electron chi connectivity index (χ3n) is 3.09. The number of nitrogens with zero attached hydrogens (tertiary/aromatic N) is 1. The zero-order valence-electron chi connectivity index (χ0n) is 12.3. The second-order valence-corrected chi connectivity index (χ2v) is 4.84. The summed E-state index contributed by atoms with van der Waals surface area (Å²) in [5, 5.41) is 0. The molecule has 2 aromatic rings. The van der Waals surface area contributed by atoms with Gasteiger partial charge in [0.05, 0.1) is 6.54 Å². The van der Waals surface area contributed by atoms with E-state index in [2.05, 4.69) is 10.9 Å². The summed E-state index contributed by atoms with van der Waals surface area (Å²) in [5.74, 6) is -1.90. The van der Waals surface area contributed by atoms with Crippen LogP contribution < -0.4 is 10.9 Å². The molecule has 0 heterocycles. The van der Waals surface area contributed by atoms with Crippen molar-refractivity contribution in [1.29, 1.82) is 0 Å². The van der Waals surface area contributed by atoms with Crippen LogP contribution in [0.2, 0.25) is 0 Å². The van der Waals surface area contributed by atoms with Gasteiger partial charge in [-0.3, -0.25) is 10.2 Å². The summed E-state index contributed by atoms with van der Waals surface area (Å²) in [6.07, 6.45) is 0. The number of halogens is 2. The average molecular weight is 319 g/mol. The molecule has 0 aromatic heterocycles. The highest BCUT2D eigenvalue weighted by atomic mass is 19.1. The van der Waals surface area contributed by atoms with Crippen molar-refractivity contribution in [1.82, 2.24) is 15.8 Å². The Kier molecular flexibility index (Phi) is 5.24. The van der Waals surface area contributed by atoms with Crippen molar-refractivity contribution in [3.05, 3.63) is 71.3 Å². The molecule has 0 spiro atoms. The fourth-order valence-corrected chi connectivity index (χ4v) is 1.84. The highest BCUT2D eigenvalue weighted by Crippen LogP contribution is 2.11. The second-order valence-electron chi connectivity index (χ2n) is 4.84. The fraction of sp³-hybridized carbons (Fsp3) is 0.125. The van der Waals surface area contributed by atoms with Gasteiger partial charge in [-0.15, -0.1) is 0 Å². The van der Waals surface area contributed by atoms with E-state index in [9.17, 15) is 18.4 Å². The maximum absolute atomic E-state index is 13.5. The number of hydrogen-bond donors (Lipinski definition) is 2. The number of benzene rings is 2. The minimum Gasteiger partial charge on any atom is -0.322 e. The van der Waals surface area contributed by atoms with Crippen LogP contribution >= 0.6 is 0 Å². The van der Waals surface area contributed by atoms with Crippen molar-refractivity contribution in [2.75, 3.05) is 7.05 Å². The van der Waals surface area contributed by atoms with Crippen molar-refractivity contribution in [2.24, 2.45) is 0 Å². The van der Waals surface area contributed by atoms with Crippen molar-refractivity contribution >= 4 is 11.9 Å². The molecular formula is C16H15F2N3O2. The van der Waals surface area contributed by atoms with E-state index in [4.69, 9.17) is 0 Å². The third-order valence-corrected chi connectivity index (χ3v) is 3.09. The van der Waals surface area contributed by atoms with Gasteiger partial charge in [0.25, 0.3) is 5.91 Å². The van der Waals surface area contributed by atoms with E-state index in [0.29, 0.717) is 5.56 Å². The van der Waals surface area contributed by atoms with Crippen molar-refractivity contribution in [3.8, 4) is 0 Å². The van der Waals surface area contributed by atoms with Gasteiger partial charge in [0.2, 0.25) is 0 Å². The maximum atomic E-state index is 13.5. The predicted molar refractivity (Wildman–Crippen MR) is 80.3 cm³/mol. The minimum atomic E-state index is -0.738. The van der Waals surface area contributed by atoms with E-state index < -0.39 is 23.6 Å². The molecule has 2 N–H and O–H groups in total. The molecule has 5 nitrogen and oxygen atoms in total. The highest BCUT2D eigenvalue weighted by molar-refractivity contribution is 5.95. The Labute approximate surface area is 131 Å². The van der Waals surface area contributed by atoms with Crippen molar-refractivity contribution in [2.45, 2.75) is 6.54 Å². The fourth-order valence-electron chi connectivity index (χ4n) is 1.84. The molecule has 23 heavy (non-hydrogen) atoms. The Bertz CT molecular complexity index is 708. The van der Waals surface area contributed by atoms with Gasteiger partial charge in [-0.2, -0.15) is 0 Å². The highest BCUT2D eigenvalue weighted by Gasteiger charge is 2.13. The van der Waals surface area contributed by atoms with Crippen LogP contribution in [0.15, 0.2) is 48.5 Å². The normalized spacial score (nSPS) is 10.0. The van der Waals surface area contributed by atoms with Crippen LogP contribution in [0, 0.1) is 11.6 Å². The zero-order chi connectivity index (χ0) is 16.8. The van der Waals surface area contributed by atoms with Crippen LogP contribution in [0.1, 0.15) is 15.9 Å². The number of carbonyl (C=O) groups is 2. The Hall–Kier alpha value is -2.96. The zero-order valence-corrected chi connectivity index (χ0v) is 12.3. The lowest BCUT2D eigenvalue weighted by Gasteiger charge is -2.18. The van der Waals surface area contributed by atoms with Crippen molar-refractivity contribution in [3.63, 3.8) is 0 Å². The third kappa shape index (κ3) is 4.50. The largest absolute Gasteiger partial charge is 0.336 e. The smallest absolute Gasteiger partial charge is 0.322 e. The quantitative estimate of drug-likeness (QED) is 0.854. The molecular weight excluding hydrogens is 304 g/mol. The van der Waals surface area contributed by atoms with E-state index in [1.807, 2.05) is 0 Å². The molecule has 120 valence electrons. The molecule has 0 aliphatic carbocycles. The number of carbonyl (C=O) groups excluding carboxylic acids is 2. The van der Waals surface area contributed by atoms with Crippen LogP contribution in [0.3, 0.4) is 0 Å². The first-order valence-corrected chi connectivity index (χ1v) is 6.78. The summed E-state index contributed by atoms with van der Waals surface area (Å²) < 4.78 is 26.4. The Morgan fingerprint density at radius 3 is 2.39 bits per heavy atom. The first-order valence-electron chi connectivity index (χ1n) is 6.78. The molecule has 0 radical (unpaired) electrons. The van der Waals surface area contributed by atoms with Crippen LogP contribution in [0.4, 0.5) is 13.6 Å². The van der Waals surface area contributed by atoms with Gasteiger partial charge in [0, 0.05) is 24.2 Å². The molecule has 2 rings (SSSR count). The lowest BCUT2D eigenvalue weighted by atomic mass is 10.2. The summed E-state index contributed by atoms with van der Waals surface area (Å²) in [6, 6.07) is 10.8. The molecule has 0 saturated heterocycles. The molecule has 0 aliphatic rings. The Balaban J connectivity index is 1.89. The van der Waals surface area contributed by atoms with Crippen LogP contribution in [0.5, 0.6) is 0 Å². The van der Waals surface area contributed by atoms with E-state index >= 15 is 0 Å². The number of rotatable bonds is 3. The van der Waals surface area contributed by atoms with E-state index in [1.54, 1.807) is 30.3 Å². The molecule has 3 amide bonds. The molecule has 0 fully saturated rings. The van der Waals surface area contributed by atoms with Gasteiger partial charge in [0.15, 0.2) is 0 Å². The maximum Gasteiger partial charge on any atom is 0.336 e. The lowest BCUT2D eigenvalue weighted by molar-refractivity contribution is 0.0931. The first-order chi connectivity index (χ1) is 11.0. The number of urea groups is 1. The number of hydrazine groups is 1. The monoisotopic (exact) mass is 319 g/mol. The molecule has 0 saturated carbocycles. The van der Waals surface area contributed by atoms with Gasteiger partial charge in [-0.1, -0.05) is 24.3 Å². The van der Waals surface area contributed by atoms with Gasteiger partial charge < -0.3 is 4.90 Å². The molecule has 2 aromatic carbocycles. The summed E-state index contributed by atoms with van der Waals surface area (Å²) in [4.78, 5) is 24.8. The molecule has 0 unspecified atom stereocenters. The number of amides is 3. The number of hydrogen-bond acceptors (Lipinski definition) is 2.